The van der Waals surface area contributed by atoms with E-state index in [2.05, 4.69) is 0 Å². The van der Waals surface area contributed by atoms with Crippen molar-refractivity contribution < 1.29 is 14.3 Å². The molecule has 1 aromatic rings. The van der Waals surface area contributed by atoms with Crippen molar-refractivity contribution in [3.05, 3.63) is 29.6 Å². The SMILES string of the molecule is CCC1CCCN1c1c(F)cccc1C(=O)O. The summed E-state index contributed by atoms with van der Waals surface area (Å²) in [4.78, 5) is 13.0. The van der Waals surface area contributed by atoms with Crippen LogP contribution in [0.25, 0.3) is 0 Å². The van der Waals surface area contributed by atoms with Crippen LogP contribution in [0.5, 0.6) is 0 Å². The molecule has 1 heterocycles. The lowest BCUT2D eigenvalue weighted by atomic mass is 10.1. The van der Waals surface area contributed by atoms with Crippen molar-refractivity contribution in [1.82, 2.24) is 0 Å². The fourth-order valence-corrected chi connectivity index (χ4v) is 2.53. The van der Waals surface area contributed by atoms with Gasteiger partial charge in [-0.2, -0.15) is 0 Å². The zero-order valence-corrected chi connectivity index (χ0v) is 9.82. The summed E-state index contributed by atoms with van der Waals surface area (Å²) in [6.45, 7) is 2.78. The van der Waals surface area contributed by atoms with Gasteiger partial charge in [0, 0.05) is 12.6 Å². The molecule has 1 aliphatic heterocycles. The standard InChI is InChI=1S/C13H16FNO2/c1-2-9-5-4-8-15(9)12-10(13(16)17)6-3-7-11(12)14/h3,6-7,9H,2,4-5,8H2,1H3,(H,16,17). The second-order valence-electron chi connectivity index (χ2n) is 4.34. The Balaban J connectivity index is 2.46. The van der Waals surface area contributed by atoms with E-state index >= 15 is 0 Å². The number of anilines is 1. The van der Waals surface area contributed by atoms with Crippen LogP contribution in [0.3, 0.4) is 0 Å². The summed E-state index contributed by atoms with van der Waals surface area (Å²) < 4.78 is 13.9. The van der Waals surface area contributed by atoms with Gasteiger partial charge in [-0.25, -0.2) is 9.18 Å². The minimum absolute atomic E-state index is 0.0605. The molecular weight excluding hydrogens is 221 g/mol. The molecule has 1 atom stereocenters. The Morgan fingerprint density at radius 2 is 2.35 bits per heavy atom. The maximum absolute atomic E-state index is 13.9. The summed E-state index contributed by atoms with van der Waals surface area (Å²) in [6, 6.07) is 4.49. The van der Waals surface area contributed by atoms with Crippen LogP contribution in [0, 0.1) is 5.82 Å². The summed E-state index contributed by atoms with van der Waals surface area (Å²) in [5.74, 6) is -1.51. The predicted octanol–water partition coefficient (Wildman–Crippen LogP) is 2.90. The molecule has 3 nitrogen and oxygen atoms in total. The smallest absolute Gasteiger partial charge is 0.337 e. The molecule has 0 saturated carbocycles. The van der Waals surface area contributed by atoms with E-state index in [0.29, 0.717) is 0 Å². The lowest BCUT2D eigenvalue weighted by Gasteiger charge is -2.27. The highest BCUT2D eigenvalue weighted by Crippen LogP contribution is 2.32. The van der Waals surface area contributed by atoms with Gasteiger partial charge in [0.15, 0.2) is 0 Å². The van der Waals surface area contributed by atoms with Gasteiger partial charge in [0.25, 0.3) is 0 Å². The summed E-state index contributed by atoms with van der Waals surface area (Å²) in [7, 11) is 0. The van der Waals surface area contributed by atoms with E-state index < -0.39 is 11.8 Å². The molecule has 0 radical (unpaired) electrons. The number of carbonyl (C=O) groups is 1. The predicted molar refractivity (Wildman–Crippen MR) is 64.0 cm³/mol. The van der Waals surface area contributed by atoms with Crippen molar-refractivity contribution in [3.63, 3.8) is 0 Å². The van der Waals surface area contributed by atoms with E-state index in [4.69, 9.17) is 5.11 Å². The number of carboxylic acid groups (broad SMARTS) is 1. The number of aromatic carboxylic acids is 1. The average molecular weight is 237 g/mol. The molecule has 0 aliphatic carbocycles. The van der Waals surface area contributed by atoms with E-state index in [1.54, 1.807) is 0 Å². The third-order valence-corrected chi connectivity index (χ3v) is 3.35. The highest BCUT2D eigenvalue weighted by Gasteiger charge is 2.28. The summed E-state index contributed by atoms with van der Waals surface area (Å²) in [6.07, 6.45) is 2.91. The molecule has 0 amide bonds. The lowest BCUT2D eigenvalue weighted by molar-refractivity contribution is 0.0697. The molecule has 1 N–H and O–H groups in total. The number of rotatable bonds is 3. The monoisotopic (exact) mass is 237 g/mol. The molecule has 1 saturated heterocycles. The van der Waals surface area contributed by atoms with Crippen molar-refractivity contribution in [2.75, 3.05) is 11.4 Å². The number of hydrogen-bond donors (Lipinski definition) is 1. The zero-order chi connectivity index (χ0) is 12.4. The van der Waals surface area contributed by atoms with Crippen molar-refractivity contribution in [2.45, 2.75) is 32.2 Å². The maximum atomic E-state index is 13.9. The van der Waals surface area contributed by atoms with E-state index in [1.165, 1.54) is 18.2 Å². The minimum Gasteiger partial charge on any atom is -0.478 e. The Hall–Kier alpha value is -1.58. The number of hydrogen-bond acceptors (Lipinski definition) is 2. The van der Waals surface area contributed by atoms with Gasteiger partial charge in [0.05, 0.1) is 11.3 Å². The maximum Gasteiger partial charge on any atom is 0.337 e. The van der Waals surface area contributed by atoms with Gasteiger partial charge in [-0.3, -0.25) is 0 Å². The van der Waals surface area contributed by atoms with Crippen molar-refractivity contribution >= 4 is 11.7 Å². The molecular formula is C13H16FNO2. The first-order valence-electron chi connectivity index (χ1n) is 5.93. The Bertz CT molecular complexity index is 433. The summed E-state index contributed by atoms with van der Waals surface area (Å²) >= 11 is 0. The topological polar surface area (TPSA) is 40.5 Å². The first-order valence-corrected chi connectivity index (χ1v) is 5.93. The Labute approximate surface area is 99.9 Å². The van der Waals surface area contributed by atoms with Crippen molar-refractivity contribution in [2.24, 2.45) is 0 Å². The molecule has 1 fully saturated rings. The van der Waals surface area contributed by atoms with Crippen LogP contribution < -0.4 is 4.90 Å². The number of carboxylic acids is 1. The molecule has 92 valence electrons. The van der Waals surface area contributed by atoms with E-state index in [-0.39, 0.29) is 17.3 Å². The highest BCUT2D eigenvalue weighted by molar-refractivity contribution is 5.94. The third kappa shape index (κ3) is 2.12. The second-order valence-corrected chi connectivity index (χ2v) is 4.34. The first-order chi connectivity index (χ1) is 8.15. The van der Waals surface area contributed by atoms with Crippen molar-refractivity contribution in [3.8, 4) is 0 Å². The van der Waals surface area contributed by atoms with Crippen molar-refractivity contribution in [1.29, 1.82) is 0 Å². The van der Waals surface area contributed by atoms with Gasteiger partial charge in [-0.15, -0.1) is 0 Å². The quantitative estimate of drug-likeness (QED) is 0.878. The van der Waals surface area contributed by atoms with E-state index in [1.807, 2.05) is 11.8 Å². The lowest BCUT2D eigenvalue weighted by Crippen LogP contribution is -2.30. The van der Waals surface area contributed by atoms with Gasteiger partial charge in [-0.1, -0.05) is 13.0 Å². The fraction of sp³-hybridized carbons (Fsp3) is 0.462. The van der Waals surface area contributed by atoms with Crippen LogP contribution in [0.4, 0.5) is 10.1 Å². The van der Waals surface area contributed by atoms with Crippen LogP contribution in [0.1, 0.15) is 36.5 Å². The number of para-hydroxylation sites is 1. The van der Waals surface area contributed by atoms with Gasteiger partial charge in [0.2, 0.25) is 0 Å². The minimum atomic E-state index is -1.07. The molecule has 1 unspecified atom stereocenters. The third-order valence-electron chi connectivity index (χ3n) is 3.35. The summed E-state index contributed by atoms with van der Waals surface area (Å²) in [5, 5.41) is 9.12. The highest BCUT2D eigenvalue weighted by atomic mass is 19.1. The van der Waals surface area contributed by atoms with E-state index in [0.717, 1.165) is 25.8 Å². The van der Waals surface area contributed by atoms with Gasteiger partial charge < -0.3 is 10.0 Å². The number of halogens is 1. The molecule has 4 heteroatoms. The summed E-state index contributed by atoms with van der Waals surface area (Å²) in [5.41, 5.74) is 0.315. The molecule has 1 aromatic carbocycles. The molecule has 1 aliphatic rings. The molecule has 2 rings (SSSR count). The molecule has 17 heavy (non-hydrogen) atoms. The second kappa shape index (κ2) is 4.73. The largest absolute Gasteiger partial charge is 0.478 e. The average Bonchev–Trinajstić information content (AvgIpc) is 2.76. The van der Waals surface area contributed by atoms with Crippen LogP contribution >= 0.6 is 0 Å². The first kappa shape index (κ1) is 11.9. The van der Waals surface area contributed by atoms with Gasteiger partial charge in [-0.05, 0) is 31.4 Å². The number of nitrogens with zero attached hydrogens (tertiary/aromatic N) is 1. The van der Waals surface area contributed by atoms with E-state index in [9.17, 15) is 9.18 Å². The Morgan fingerprint density at radius 1 is 1.59 bits per heavy atom. The Kier molecular flexibility index (Phi) is 3.31. The van der Waals surface area contributed by atoms with Crippen LogP contribution in [-0.2, 0) is 0 Å². The molecule has 0 spiro atoms. The van der Waals surface area contributed by atoms with Gasteiger partial charge in [0.1, 0.15) is 5.82 Å². The fourth-order valence-electron chi connectivity index (χ4n) is 2.53. The number of benzene rings is 1. The molecule has 0 bridgehead atoms. The zero-order valence-electron chi connectivity index (χ0n) is 9.82. The van der Waals surface area contributed by atoms with Crippen LogP contribution in [0.2, 0.25) is 0 Å². The Morgan fingerprint density at radius 3 is 3.00 bits per heavy atom. The van der Waals surface area contributed by atoms with Crippen LogP contribution in [0.15, 0.2) is 18.2 Å². The molecule has 0 aromatic heterocycles. The normalized spacial score (nSPS) is 19.6. The van der Waals surface area contributed by atoms with Crippen LogP contribution in [-0.4, -0.2) is 23.7 Å². The van der Waals surface area contributed by atoms with Gasteiger partial charge >= 0.3 is 5.97 Å².